The Morgan fingerprint density at radius 3 is 2.65 bits per heavy atom. The topological polar surface area (TPSA) is 39.1 Å². The van der Waals surface area contributed by atoms with Crippen molar-refractivity contribution in [3.63, 3.8) is 0 Å². The molecule has 4 heteroatoms. The summed E-state index contributed by atoms with van der Waals surface area (Å²) < 4.78 is 7.87. The largest absolute Gasteiger partial charge is 0.494 e. The number of nitrogens with zero attached hydrogens (tertiary/aromatic N) is 2. The minimum atomic E-state index is 0.622. The number of fused-ring (bicyclic) bond motifs is 1. The van der Waals surface area contributed by atoms with Gasteiger partial charge in [-0.2, -0.15) is 0 Å². The Morgan fingerprint density at radius 1 is 1.08 bits per heavy atom. The van der Waals surface area contributed by atoms with Crippen LogP contribution in [0.5, 0.6) is 5.75 Å². The van der Waals surface area contributed by atoms with Gasteiger partial charge in [0, 0.05) is 18.3 Å². The van der Waals surface area contributed by atoms with Gasteiger partial charge in [0.25, 0.3) is 0 Å². The monoisotopic (exact) mass is 349 g/mol. The quantitative estimate of drug-likeness (QED) is 0.634. The number of aromatic nitrogens is 2. The summed E-state index contributed by atoms with van der Waals surface area (Å²) in [5, 5.41) is 3.50. The molecule has 0 bridgehead atoms. The van der Waals surface area contributed by atoms with Gasteiger partial charge >= 0.3 is 0 Å². The van der Waals surface area contributed by atoms with E-state index in [1.54, 1.807) is 0 Å². The molecule has 0 spiro atoms. The minimum Gasteiger partial charge on any atom is -0.494 e. The molecule has 136 valence electrons. The van der Waals surface area contributed by atoms with E-state index >= 15 is 0 Å². The van der Waals surface area contributed by atoms with E-state index in [0.717, 1.165) is 23.5 Å². The van der Waals surface area contributed by atoms with Crippen LogP contribution in [-0.4, -0.2) is 16.2 Å². The maximum absolute atomic E-state index is 5.49. The van der Waals surface area contributed by atoms with Gasteiger partial charge in [0.1, 0.15) is 5.75 Å². The highest BCUT2D eigenvalue weighted by Gasteiger charge is 2.17. The van der Waals surface area contributed by atoms with Crippen LogP contribution in [0.15, 0.2) is 48.8 Å². The molecular formula is C22H27N3O. The average Bonchev–Trinajstić information content (AvgIpc) is 3.12. The summed E-state index contributed by atoms with van der Waals surface area (Å²) in [5.41, 5.74) is 4.68. The fraction of sp³-hybridized carbons (Fsp3) is 0.409. The normalized spacial score (nSPS) is 15.3. The molecule has 1 aliphatic carbocycles. The molecule has 1 fully saturated rings. The fourth-order valence-corrected chi connectivity index (χ4v) is 3.87. The zero-order valence-corrected chi connectivity index (χ0v) is 15.4. The predicted molar refractivity (Wildman–Crippen MR) is 107 cm³/mol. The lowest BCUT2D eigenvalue weighted by Crippen LogP contribution is -2.11. The van der Waals surface area contributed by atoms with Crippen molar-refractivity contribution < 1.29 is 4.74 Å². The second-order valence-corrected chi connectivity index (χ2v) is 7.08. The molecule has 2 aromatic carbocycles. The van der Waals surface area contributed by atoms with Crippen molar-refractivity contribution >= 4 is 16.7 Å². The summed E-state index contributed by atoms with van der Waals surface area (Å²) in [6.07, 6.45) is 8.64. The molecule has 1 aromatic heterocycles. The molecule has 3 aromatic rings. The van der Waals surface area contributed by atoms with Crippen molar-refractivity contribution in [3.8, 4) is 5.75 Å². The standard InChI is InChI=1S/C22H27N3O/c1-2-26-20-11-8-17(9-12-20)15-23-18-10-13-22-21(14-18)24-16-25(22)19-6-4-3-5-7-19/h8-14,16,19,23H,2-7,15H2,1H3. The van der Waals surface area contributed by atoms with E-state index in [2.05, 4.69) is 45.2 Å². The summed E-state index contributed by atoms with van der Waals surface area (Å²) in [6.45, 7) is 3.49. The van der Waals surface area contributed by atoms with E-state index in [0.29, 0.717) is 12.6 Å². The predicted octanol–water partition coefficient (Wildman–Crippen LogP) is 5.55. The highest BCUT2D eigenvalue weighted by atomic mass is 16.5. The Bertz CT molecular complexity index is 847. The van der Waals surface area contributed by atoms with Crippen LogP contribution in [0.4, 0.5) is 5.69 Å². The first kappa shape index (κ1) is 17.0. The van der Waals surface area contributed by atoms with Crippen LogP contribution in [0, 0.1) is 0 Å². The van der Waals surface area contributed by atoms with Crippen molar-refractivity contribution in [2.45, 2.75) is 51.6 Å². The first-order valence-corrected chi connectivity index (χ1v) is 9.75. The smallest absolute Gasteiger partial charge is 0.119 e. The molecule has 1 saturated carbocycles. The van der Waals surface area contributed by atoms with Crippen LogP contribution in [0.1, 0.15) is 50.6 Å². The average molecular weight is 349 g/mol. The highest BCUT2D eigenvalue weighted by molar-refractivity contribution is 5.79. The number of rotatable bonds is 6. The molecule has 26 heavy (non-hydrogen) atoms. The zero-order chi connectivity index (χ0) is 17.8. The first-order valence-electron chi connectivity index (χ1n) is 9.75. The summed E-state index contributed by atoms with van der Waals surface area (Å²) in [7, 11) is 0. The Balaban J connectivity index is 1.44. The number of ether oxygens (including phenoxy) is 1. The number of anilines is 1. The molecule has 0 unspecified atom stereocenters. The van der Waals surface area contributed by atoms with Crippen LogP contribution < -0.4 is 10.1 Å². The third kappa shape index (κ3) is 3.69. The Labute approximate surface area is 155 Å². The molecule has 0 saturated heterocycles. The van der Waals surface area contributed by atoms with Crippen LogP contribution in [-0.2, 0) is 6.54 Å². The Kier molecular flexibility index (Phi) is 5.09. The van der Waals surface area contributed by atoms with Gasteiger partial charge in [-0.1, -0.05) is 31.4 Å². The molecule has 0 radical (unpaired) electrons. The van der Waals surface area contributed by atoms with Gasteiger partial charge in [-0.15, -0.1) is 0 Å². The van der Waals surface area contributed by atoms with Crippen molar-refractivity contribution in [1.29, 1.82) is 0 Å². The van der Waals surface area contributed by atoms with E-state index < -0.39 is 0 Å². The van der Waals surface area contributed by atoms with Crippen LogP contribution in [0.25, 0.3) is 11.0 Å². The number of hydrogen-bond donors (Lipinski definition) is 1. The lowest BCUT2D eigenvalue weighted by Gasteiger charge is -2.23. The number of nitrogens with one attached hydrogen (secondary N) is 1. The van der Waals surface area contributed by atoms with Crippen LogP contribution in [0.3, 0.4) is 0 Å². The zero-order valence-electron chi connectivity index (χ0n) is 15.4. The van der Waals surface area contributed by atoms with E-state index in [4.69, 9.17) is 4.74 Å². The lowest BCUT2D eigenvalue weighted by molar-refractivity contribution is 0.340. The second-order valence-electron chi connectivity index (χ2n) is 7.08. The van der Waals surface area contributed by atoms with E-state index in [-0.39, 0.29) is 0 Å². The van der Waals surface area contributed by atoms with Gasteiger partial charge in [0.15, 0.2) is 0 Å². The van der Waals surface area contributed by atoms with Crippen molar-refractivity contribution in [3.05, 3.63) is 54.4 Å². The van der Waals surface area contributed by atoms with Crippen molar-refractivity contribution in [2.24, 2.45) is 0 Å². The summed E-state index contributed by atoms with van der Waals surface area (Å²) in [4.78, 5) is 4.65. The van der Waals surface area contributed by atoms with E-state index in [9.17, 15) is 0 Å². The van der Waals surface area contributed by atoms with E-state index in [1.165, 1.54) is 43.2 Å². The molecule has 1 aliphatic rings. The molecule has 0 aliphatic heterocycles. The number of benzene rings is 2. The summed E-state index contributed by atoms with van der Waals surface area (Å²) in [5.74, 6) is 0.922. The van der Waals surface area contributed by atoms with Crippen LogP contribution >= 0.6 is 0 Å². The molecule has 0 amide bonds. The molecule has 4 nitrogen and oxygen atoms in total. The second kappa shape index (κ2) is 7.81. The number of imidazole rings is 1. The Morgan fingerprint density at radius 2 is 1.88 bits per heavy atom. The molecule has 1 heterocycles. The van der Waals surface area contributed by atoms with Gasteiger partial charge in [-0.3, -0.25) is 0 Å². The fourth-order valence-electron chi connectivity index (χ4n) is 3.87. The van der Waals surface area contributed by atoms with Gasteiger partial charge < -0.3 is 14.6 Å². The van der Waals surface area contributed by atoms with Gasteiger partial charge in [0.2, 0.25) is 0 Å². The van der Waals surface area contributed by atoms with E-state index in [1.807, 2.05) is 25.4 Å². The van der Waals surface area contributed by atoms with Crippen molar-refractivity contribution in [1.82, 2.24) is 9.55 Å². The van der Waals surface area contributed by atoms with Gasteiger partial charge in [-0.25, -0.2) is 4.98 Å². The minimum absolute atomic E-state index is 0.622. The lowest BCUT2D eigenvalue weighted by atomic mass is 9.95. The third-order valence-electron chi connectivity index (χ3n) is 5.27. The third-order valence-corrected chi connectivity index (χ3v) is 5.27. The molecular weight excluding hydrogens is 322 g/mol. The van der Waals surface area contributed by atoms with Gasteiger partial charge in [0.05, 0.1) is 24.0 Å². The summed E-state index contributed by atoms with van der Waals surface area (Å²) >= 11 is 0. The maximum atomic E-state index is 5.49. The van der Waals surface area contributed by atoms with Gasteiger partial charge in [-0.05, 0) is 55.7 Å². The molecule has 1 N–H and O–H groups in total. The SMILES string of the molecule is CCOc1ccc(CNc2ccc3c(c2)ncn3C2CCCCC2)cc1. The van der Waals surface area contributed by atoms with Crippen molar-refractivity contribution in [2.75, 3.05) is 11.9 Å². The van der Waals surface area contributed by atoms with Crippen LogP contribution in [0.2, 0.25) is 0 Å². The first-order chi connectivity index (χ1) is 12.8. The Hall–Kier alpha value is -2.49. The maximum Gasteiger partial charge on any atom is 0.119 e. The number of hydrogen-bond acceptors (Lipinski definition) is 3. The summed E-state index contributed by atoms with van der Waals surface area (Å²) in [6, 6.07) is 15.4. The molecule has 0 atom stereocenters. The highest BCUT2D eigenvalue weighted by Crippen LogP contribution is 2.31. The molecule has 4 rings (SSSR count).